The normalized spacial score (nSPS) is 11.7. The number of benzene rings is 1. The lowest BCUT2D eigenvalue weighted by molar-refractivity contribution is -0.140. The molecule has 0 saturated carbocycles. The lowest BCUT2D eigenvalue weighted by atomic mass is 10.2. The van der Waals surface area contributed by atoms with Crippen LogP contribution in [-0.2, 0) is 6.18 Å². The van der Waals surface area contributed by atoms with Crippen molar-refractivity contribution in [1.29, 1.82) is 0 Å². The molecule has 3 rings (SSSR count). The number of nitrogens with one attached hydrogen (secondary N) is 1. The summed E-state index contributed by atoms with van der Waals surface area (Å²) in [4.78, 5) is 8.26. The standard InChI is InChI=1S/C16H12F3N3S/c1-10-7-8-12(16(17,18)19)15(21-10)23-22-13-6-2-4-11-5-3-9-20-14(11)13/h2-9,22H,1H3. The van der Waals surface area contributed by atoms with Gasteiger partial charge in [0, 0.05) is 29.2 Å². The summed E-state index contributed by atoms with van der Waals surface area (Å²) in [6, 6.07) is 11.6. The fourth-order valence-corrected chi connectivity index (χ4v) is 2.97. The van der Waals surface area contributed by atoms with Crippen LogP contribution in [0, 0.1) is 6.92 Å². The first-order chi connectivity index (χ1) is 10.9. The molecule has 0 bridgehead atoms. The smallest absolute Gasteiger partial charge is 0.322 e. The van der Waals surface area contributed by atoms with E-state index in [-0.39, 0.29) is 5.03 Å². The lowest BCUT2D eigenvalue weighted by Gasteiger charge is -2.13. The number of alkyl halides is 3. The highest BCUT2D eigenvalue weighted by Gasteiger charge is 2.34. The van der Waals surface area contributed by atoms with Crippen molar-refractivity contribution in [3.63, 3.8) is 0 Å². The highest BCUT2D eigenvalue weighted by atomic mass is 32.2. The molecule has 0 spiro atoms. The summed E-state index contributed by atoms with van der Waals surface area (Å²) < 4.78 is 42.1. The number of aromatic nitrogens is 2. The van der Waals surface area contributed by atoms with Crippen LogP contribution < -0.4 is 4.72 Å². The summed E-state index contributed by atoms with van der Waals surface area (Å²) in [6.45, 7) is 1.66. The molecule has 3 nitrogen and oxygen atoms in total. The molecule has 1 N–H and O–H groups in total. The maximum atomic E-state index is 13.1. The Morgan fingerprint density at radius 3 is 2.61 bits per heavy atom. The molecular formula is C16H12F3N3S. The molecule has 0 aliphatic carbocycles. The molecule has 0 saturated heterocycles. The van der Waals surface area contributed by atoms with Gasteiger partial charge in [-0.2, -0.15) is 13.2 Å². The van der Waals surface area contributed by atoms with Crippen molar-refractivity contribution in [3.8, 4) is 0 Å². The number of halogens is 3. The van der Waals surface area contributed by atoms with Gasteiger partial charge in [0.25, 0.3) is 0 Å². The van der Waals surface area contributed by atoms with Gasteiger partial charge in [-0.3, -0.25) is 4.98 Å². The predicted octanol–water partition coefficient (Wildman–Crippen LogP) is 5.08. The van der Waals surface area contributed by atoms with Crippen molar-refractivity contribution in [2.45, 2.75) is 18.1 Å². The Balaban J connectivity index is 1.93. The first-order valence-electron chi connectivity index (χ1n) is 6.76. The van der Waals surface area contributed by atoms with Crippen molar-refractivity contribution in [2.75, 3.05) is 4.72 Å². The minimum Gasteiger partial charge on any atom is -0.322 e. The van der Waals surface area contributed by atoms with E-state index in [1.54, 1.807) is 19.2 Å². The van der Waals surface area contributed by atoms with Gasteiger partial charge < -0.3 is 4.72 Å². The van der Waals surface area contributed by atoms with Crippen molar-refractivity contribution in [1.82, 2.24) is 9.97 Å². The van der Waals surface area contributed by atoms with Gasteiger partial charge in [-0.15, -0.1) is 0 Å². The summed E-state index contributed by atoms with van der Waals surface area (Å²) >= 11 is 0.835. The average Bonchev–Trinajstić information content (AvgIpc) is 2.51. The second-order valence-corrected chi connectivity index (χ2v) is 5.68. The van der Waals surface area contributed by atoms with E-state index < -0.39 is 11.7 Å². The number of para-hydroxylation sites is 1. The summed E-state index contributed by atoms with van der Waals surface area (Å²) in [5.74, 6) is 0. The van der Waals surface area contributed by atoms with Gasteiger partial charge in [0.05, 0.1) is 16.8 Å². The van der Waals surface area contributed by atoms with Crippen LogP contribution in [0.5, 0.6) is 0 Å². The Labute approximate surface area is 135 Å². The van der Waals surface area contributed by atoms with Gasteiger partial charge >= 0.3 is 6.18 Å². The van der Waals surface area contributed by atoms with E-state index >= 15 is 0 Å². The van der Waals surface area contributed by atoms with Crippen molar-refractivity contribution >= 4 is 28.5 Å². The topological polar surface area (TPSA) is 37.8 Å². The fraction of sp³-hybridized carbons (Fsp3) is 0.125. The van der Waals surface area contributed by atoms with E-state index in [4.69, 9.17) is 0 Å². The van der Waals surface area contributed by atoms with Crippen LogP contribution in [-0.4, -0.2) is 9.97 Å². The first kappa shape index (κ1) is 15.6. The number of anilines is 1. The van der Waals surface area contributed by atoms with E-state index in [0.717, 1.165) is 23.4 Å². The molecule has 3 aromatic rings. The molecule has 0 atom stereocenters. The van der Waals surface area contributed by atoms with Gasteiger partial charge in [0.1, 0.15) is 5.03 Å². The third kappa shape index (κ3) is 3.39. The van der Waals surface area contributed by atoms with Crippen LogP contribution in [0.4, 0.5) is 18.9 Å². The van der Waals surface area contributed by atoms with E-state index in [9.17, 15) is 13.2 Å². The molecular weight excluding hydrogens is 323 g/mol. The molecule has 2 heterocycles. The van der Waals surface area contributed by atoms with Crippen LogP contribution in [0.1, 0.15) is 11.3 Å². The molecule has 118 valence electrons. The molecule has 0 aliphatic heterocycles. The Morgan fingerprint density at radius 1 is 1.04 bits per heavy atom. The summed E-state index contributed by atoms with van der Waals surface area (Å²) in [7, 11) is 0. The maximum Gasteiger partial charge on any atom is 0.419 e. The Bertz CT molecular complexity index is 844. The number of nitrogens with zero attached hydrogens (tertiary/aromatic N) is 2. The van der Waals surface area contributed by atoms with Crippen LogP contribution in [0.15, 0.2) is 53.7 Å². The molecule has 0 radical (unpaired) electrons. The van der Waals surface area contributed by atoms with Crippen LogP contribution >= 0.6 is 11.9 Å². The van der Waals surface area contributed by atoms with Gasteiger partial charge in [-0.25, -0.2) is 4.98 Å². The van der Waals surface area contributed by atoms with Crippen LogP contribution in [0.25, 0.3) is 10.9 Å². The number of hydrogen-bond acceptors (Lipinski definition) is 4. The van der Waals surface area contributed by atoms with Gasteiger partial charge in [0.2, 0.25) is 0 Å². The van der Waals surface area contributed by atoms with E-state index in [0.29, 0.717) is 16.9 Å². The van der Waals surface area contributed by atoms with E-state index in [1.807, 2.05) is 24.3 Å². The predicted molar refractivity (Wildman–Crippen MR) is 85.2 cm³/mol. The average molecular weight is 335 g/mol. The van der Waals surface area contributed by atoms with Crippen LogP contribution in [0.3, 0.4) is 0 Å². The molecule has 0 unspecified atom stereocenters. The SMILES string of the molecule is Cc1ccc(C(F)(F)F)c(SNc2cccc3cccnc23)n1. The zero-order chi connectivity index (χ0) is 16.4. The number of fused-ring (bicyclic) bond motifs is 1. The number of pyridine rings is 2. The molecule has 7 heteroatoms. The number of aryl methyl sites for hydroxylation is 1. The van der Waals surface area contributed by atoms with Crippen molar-refractivity contribution < 1.29 is 13.2 Å². The quantitative estimate of drug-likeness (QED) is 0.678. The van der Waals surface area contributed by atoms with Gasteiger partial charge in [0.15, 0.2) is 0 Å². The third-order valence-corrected chi connectivity index (χ3v) is 4.02. The minimum atomic E-state index is -4.44. The second kappa shape index (κ2) is 6.08. The van der Waals surface area contributed by atoms with Crippen LogP contribution in [0.2, 0.25) is 0 Å². The van der Waals surface area contributed by atoms with Crippen molar-refractivity contribution in [2.24, 2.45) is 0 Å². The summed E-state index contributed by atoms with van der Waals surface area (Å²) in [6.07, 6.45) is -2.80. The zero-order valence-electron chi connectivity index (χ0n) is 12.1. The largest absolute Gasteiger partial charge is 0.419 e. The number of hydrogen-bond donors (Lipinski definition) is 1. The Hall–Kier alpha value is -2.28. The van der Waals surface area contributed by atoms with Crippen molar-refractivity contribution in [3.05, 3.63) is 59.9 Å². The van der Waals surface area contributed by atoms with Gasteiger partial charge in [-0.1, -0.05) is 18.2 Å². The third-order valence-electron chi connectivity index (χ3n) is 3.20. The molecule has 23 heavy (non-hydrogen) atoms. The summed E-state index contributed by atoms with van der Waals surface area (Å²) in [5.41, 5.74) is 1.11. The summed E-state index contributed by atoms with van der Waals surface area (Å²) in [5, 5.41) is 0.803. The second-order valence-electron chi connectivity index (χ2n) is 4.89. The monoisotopic (exact) mass is 335 g/mol. The van der Waals surface area contributed by atoms with Gasteiger partial charge in [-0.05, 0) is 31.2 Å². The maximum absolute atomic E-state index is 13.1. The highest BCUT2D eigenvalue weighted by molar-refractivity contribution is 8.00. The molecule has 1 aromatic carbocycles. The Morgan fingerprint density at radius 2 is 1.83 bits per heavy atom. The minimum absolute atomic E-state index is 0.106. The molecule has 0 amide bonds. The molecule has 0 aliphatic rings. The molecule has 0 fully saturated rings. The first-order valence-corrected chi connectivity index (χ1v) is 7.58. The fourth-order valence-electron chi connectivity index (χ4n) is 2.12. The molecule has 2 aromatic heterocycles. The highest BCUT2D eigenvalue weighted by Crippen LogP contribution is 2.36. The lowest BCUT2D eigenvalue weighted by Crippen LogP contribution is -2.09. The van der Waals surface area contributed by atoms with E-state index in [1.165, 1.54) is 6.07 Å². The zero-order valence-corrected chi connectivity index (χ0v) is 12.9. The number of rotatable bonds is 3. The Kier molecular flexibility index (Phi) is 4.12. The van der Waals surface area contributed by atoms with E-state index in [2.05, 4.69) is 14.7 Å².